The SMILES string of the molecule is N#CC(C#N)[C@@H](CC(=O)c1cccs1)c1cccc(Cl)c1. The zero-order chi connectivity index (χ0) is 15.2. The van der Waals surface area contributed by atoms with Crippen LogP contribution in [0.1, 0.15) is 27.6 Å². The van der Waals surface area contributed by atoms with E-state index < -0.39 is 11.8 Å². The van der Waals surface area contributed by atoms with Crippen LogP contribution in [0.3, 0.4) is 0 Å². The fourth-order valence-corrected chi connectivity index (χ4v) is 2.99. The van der Waals surface area contributed by atoms with Crippen LogP contribution < -0.4 is 0 Å². The molecule has 0 aliphatic rings. The van der Waals surface area contributed by atoms with E-state index in [9.17, 15) is 4.79 Å². The quantitative estimate of drug-likeness (QED) is 0.767. The van der Waals surface area contributed by atoms with Crippen LogP contribution in [0.25, 0.3) is 0 Å². The molecule has 21 heavy (non-hydrogen) atoms. The molecule has 0 bridgehead atoms. The highest BCUT2D eigenvalue weighted by Gasteiger charge is 2.26. The molecule has 0 fully saturated rings. The third kappa shape index (κ3) is 3.70. The van der Waals surface area contributed by atoms with Gasteiger partial charge in [0.25, 0.3) is 0 Å². The molecule has 0 radical (unpaired) electrons. The molecule has 1 aromatic carbocycles. The normalized spacial score (nSPS) is 11.6. The fraction of sp³-hybridized carbons (Fsp3) is 0.188. The van der Waals surface area contributed by atoms with Gasteiger partial charge in [0.05, 0.1) is 17.0 Å². The first-order valence-electron chi connectivity index (χ1n) is 6.27. The summed E-state index contributed by atoms with van der Waals surface area (Å²) in [7, 11) is 0. The number of ketones is 1. The summed E-state index contributed by atoms with van der Waals surface area (Å²) in [5.41, 5.74) is 0.737. The van der Waals surface area contributed by atoms with Crippen molar-refractivity contribution < 1.29 is 4.79 Å². The van der Waals surface area contributed by atoms with E-state index in [1.807, 2.05) is 17.5 Å². The largest absolute Gasteiger partial charge is 0.293 e. The molecule has 0 saturated carbocycles. The van der Waals surface area contributed by atoms with Crippen molar-refractivity contribution in [3.63, 3.8) is 0 Å². The summed E-state index contributed by atoms with van der Waals surface area (Å²) in [6.45, 7) is 0. The maximum atomic E-state index is 12.3. The zero-order valence-electron chi connectivity index (χ0n) is 11.0. The van der Waals surface area contributed by atoms with Crippen molar-refractivity contribution in [2.24, 2.45) is 5.92 Å². The third-order valence-electron chi connectivity index (χ3n) is 3.16. The second-order valence-electron chi connectivity index (χ2n) is 4.50. The average molecular weight is 315 g/mol. The summed E-state index contributed by atoms with van der Waals surface area (Å²) in [6, 6.07) is 14.5. The molecule has 0 saturated heterocycles. The van der Waals surface area contributed by atoms with Crippen LogP contribution in [0.15, 0.2) is 41.8 Å². The van der Waals surface area contributed by atoms with Crippen molar-refractivity contribution in [3.8, 4) is 12.1 Å². The number of hydrogen-bond donors (Lipinski definition) is 0. The molecule has 0 spiro atoms. The summed E-state index contributed by atoms with van der Waals surface area (Å²) in [6.07, 6.45) is 0.118. The molecule has 3 nitrogen and oxygen atoms in total. The monoisotopic (exact) mass is 314 g/mol. The molecule has 0 amide bonds. The van der Waals surface area contributed by atoms with Gasteiger partial charge in [-0.25, -0.2) is 0 Å². The predicted octanol–water partition coefficient (Wildman–Crippen LogP) is 4.42. The van der Waals surface area contributed by atoms with Crippen molar-refractivity contribution in [2.45, 2.75) is 12.3 Å². The van der Waals surface area contributed by atoms with E-state index in [1.54, 1.807) is 36.4 Å². The van der Waals surface area contributed by atoms with Gasteiger partial charge in [0, 0.05) is 17.4 Å². The molecule has 1 atom stereocenters. The average Bonchev–Trinajstić information content (AvgIpc) is 3.01. The summed E-state index contributed by atoms with van der Waals surface area (Å²) in [4.78, 5) is 12.9. The topological polar surface area (TPSA) is 64.7 Å². The number of thiophene rings is 1. The highest BCUT2D eigenvalue weighted by Crippen LogP contribution is 2.31. The van der Waals surface area contributed by atoms with Gasteiger partial charge < -0.3 is 0 Å². The van der Waals surface area contributed by atoms with Gasteiger partial charge in [-0.2, -0.15) is 10.5 Å². The standard InChI is InChI=1S/C16H11ClN2OS/c17-13-4-1-3-11(7-13)14(12(9-18)10-19)8-15(20)16-5-2-6-21-16/h1-7,12,14H,8H2/t14-/m0/s1. The molecule has 2 rings (SSSR count). The van der Waals surface area contributed by atoms with Gasteiger partial charge in [0.1, 0.15) is 5.92 Å². The maximum absolute atomic E-state index is 12.3. The number of halogens is 1. The van der Waals surface area contributed by atoms with E-state index in [-0.39, 0.29) is 12.2 Å². The van der Waals surface area contributed by atoms with Crippen molar-refractivity contribution in [2.75, 3.05) is 0 Å². The lowest BCUT2D eigenvalue weighted by Gasteiger charge is -2.17. The third-order valence-corrected chi connectivity index (χ3v) is 4.30. The molecule has 104 valence electrons. The second-order valence-corrected chi connectivity index (χ2v) is 5.89. The lowest BCUT2D eigenvalue weighted by Crippen LogP contribution is -2.14. The van der Waals surface area contributed by atoms with Crippen molar-refractivity contribution in [3.05, 3.63) is 57.2 Å². The van der Waals surface area contributed by atoms with Gasteiger partial charge >= 0.3 is 0 Å². The first-order valence-corrected chi connectivity index (χ1v) is 7.53. The molecule has 0 aliphatic carbocycles. The van der Waals surface area contributed by atoms with E-state index in [0.29, 0.717) is 9.90 Å². The van der Waals surface area contributed by atoms with Crippen LogP contribution in [-0.2, 0) is 0 Å². The molecule has 1 aromatic heterocycles. The Labute approximate surface area is 132 Å². The second kappa shape index (κ2) is 7.04. The van der Waals surface area contributed by atoms with E-state index >= 15 is 0 Å². The van der Waals surface area contributed by atoms with Crippen LogP contribution >= 0.6 is 22.9 Å². The number of rotatable bonds is 5. The molecule has 5 heteroatoms. The molecule has 0 unspecified atom stereocenters. The Morgan fingerprint density at radius 3 is 2.57 bits per heavy atom. The Kier molecular flexibility index (Phi) is 5.11. The van der Waals surface area contributed by atoms with Crippen LogP contribution in [0.2, 0.25) is 5.02 Å². The van der Waals surface area contributed by atoms with Gasteiger partial charge in [-0.15, -0.1) is 11.3 Å². The highest BCUT2D eigenvalue weighted by atomic mass is 35.5. The lowest BCUT2D eigenvalue weighted by atomic mass is 9.83. The van der Waals surface area contributed by atoms with Crippen LogP contribution in [0.5, 0.6) is 0 Å². The lowest BCUT2D eigenvalue weighted by molar-refractivity contribution is 0.0975. The molecule has 0 N–H and O–H groups in total. The first-order chi connectivity index (χ1) is 10.2. The Morgan fingerprint density at radius 1 is 1.24 bits per heavy atom. The van der Waals surface area contributed by atoms with Crippen LogP contribution in [0.4, 0.5) is 0 Å². The fourth-order valence-electron chi connectivity index (χ4n) is 2.11. The van der Waals surface area contributed by atoms with Crippen LogP contribution in [-0.4, -0.2) is 5.78 Å². The highest BCUT2D eigenvalue weighted by molar-refractivity contribution is 7.12. The Morgan fingerprint density at radius 2 is 2.00 bits per heavy atom. The maximum Gasteiger partial charge on any atom is 0.173 e. The summed E-state index contributed by atoms with van der Waals surface area (Å²) < 4.78 is 0. The summed E-state index contributed by atoms with van der Waals surface area (Å²) in [5.74, 6) is -1.42. The number of carbonyl (C=O) groups is 1. The van der Waals surface area contributed by atoms with Crippen LogP contribution in [0, 0.1) is 28.6 Å². The molecular weight excluding hydrogens is 304 g/mol. The van der Waals surface area contributed by atoms with Gasteiger partial charge in [-0.3, -0.25) is 4.79 Å². The number of nitriles is 2. The number of Topliss-reactive ketones (excluding diaryl/α,β-unsaturated/α-hetero) is 1. The predicted molar refractivity (Wildman–Crippen MR) is 82.2 cm³/mol. The van der Waals surface area contributed by atoms with E-state index in [0.717, 1.165) is 5.56 Å². The van der Waals surface area contributed by atoms with E-state index in [2.05, 4.69) is 0 Å². The van der Waals surface area contributed by atoms with E-state index in [1.165, 1.54) is 11.3 Å². The smallest absolute Gasteiger partial charge is 0.173 e. The number of hydrogen-bond acceptors (Lipinski definition) is 4. The minimum absolute atomic E-state index is 0.0644. The van der Waals surface area contributed by atoms with Gasteiger partial charge in [0.15, 0.2) is 5.78 Å². The van der Waals surface area contributed by atoms with Crippen molar-refractivity contribution in [1.29, 1.82) is 10.5 Å². The number of benzene rings is 1. The number of carbonyl (C=O) groups excluding carboxylic acids is 1. The molecule has 2 aromatic rings. The van der Waals surface area contributed by atoms with Gasteiger partial charge in [-0.05, 0) is 29.1 Å². The Bertz CT molecular complexity index is 699. The minimum Gasteiger partial charge on any atom is -0.293 e. The summed E-state index contributed by atoms with van der Waals surface area (Å²) >= 11 is 7.32. The Balaban J connectivity index is 2.31. The van der Waals surface area contributed by atoms with Crippen molar-refractivity contribution >= 4 is 28.7 Å². The minimum atomic E-state index is -0.882. The first kappa shape index (κ1) is 15.3. The Hall–Kier alpha value is -2.14. The van der Waals surface area contributed by atoms with Crippen molar-refractivity contribution in [1.82, 2.24) is 0 Å². The van der Waals surface area contributed by atoms with E-state index in [4.69, 9.17) is 22.1 Å². The molecule has 1 heterocycles. The number of nitrogens with zero attached hydrogens (tertiary/aromatic N) is 2. The molecule has 0 aliphatic heterocycles. The van der Waals surface area contributed by atoms with Gasteiger partial charge in [0.2, 0.25) is 0 Å². The van der Waals surface area contributed by atoms with Gasteiger partial charge in [-0.1, -0.05) is 29.8 Å². The summed E-state index contributed by atoms with van der Waals surface area (Å²) in [5, 5.41) is 20.7. The molecular formula is C16H11ClN2OS. The zero-order valence-corrected chi connectivity index (χ0v) is 12.6.